The van der Waals surface area contributed by atoms with Crippen LogP contribution in [-0.2, 0) is 11.3 Å². The van der Waals surface area contributed by atoms with Crippen LogP contribution in [0.5, 0.6) is 0 Å². The third-order valence-electron chi connectivity index (χ3n) is 3.65. The van der Waals surface area contributed by atoms with Gasteiger partial charge in [0, 0.05) is 6.54 Å². The molecule has 1 unspecified atom stereocenters. The highest BCUT2D eigenvalue weighted by Gasteiger charge is 2.45. The van der Waals surface area contributed by atoms with Gasteiger partial charge >= 0.3 is 0 Å². The predicted octanol–water partition coefficient (Wildman–Crippen LogP) is 1.67. The summed E-state index contributed by atoms with van der Waals surface area (Å²) in [7, 11) is 0. The van der Waals surface area contributed by atoms with Gasteiger partial charge in [0.2, 0.25) is 5.91 Å². The Morgan fingerprint density at radius 1 is 1.47 bits per heavy atom. The van der Waals surface area contributed by atoms with Gasteiger partial charge in [0.15, 0.2) is 0 Å². The van der Waals surface area contributed by atoms with Crippen LogP contribution >= 0.6 is 0 Å². The van der Waals surface area contributed by atoms with E-state index in [0.29, 0.717) is 6.54 Å². The van der Waals surface area contributed by atoms with Gasteiger partial charge in [0.1, 0.15) is 6.54 Å². The zero-order valence-electron chi connectivity index (χ0n) is 11.2. The first-order chi connectivity index (χ1) is 9.05. The van der Waals surface area contributed by atoms with Gasteiger partial charge in [-0.05, 0) is 31.2 Å². The number of hydrogen-bond acceptors (Lipinski definition) is 3. The quantitative estimate of drug-likeness (QED) is 0.816. The Morgan fingerprint density at radius 3 is 2.63 bits per heavy atom. The topological polar surface area (TPSA) is 70.1 Å². The molecule has 0 heterocycles. The smallest absolute Gasteiger partial charge is 0.243 e. The van der Waals surface area contributed by atoms with E-state index in [0.717, 1.165) is 18.4 Å². The van der Waals surface area contributed by atoms with Gasteiger partial charge in [0.25, 0.3) is 0 Å². The van der Waals surface area contributed by atoms with Crippen LogP contribution in [0.4, 0.5) is 0 Å². The van der Waals surface area contributed by atoms with Crippen LogP contribution in [0.15, 0.2) is 30.3 Å². The van der Waals surface area contributed by atoms with E-state index in [1.54, 1.807) is 11.8 Å². The van der Waals surface area contributed by atoms with Crippen LogP contribution in [0.1, 0.15) is 25.3 Å². The van der Waals surface area contributed by atoms with Crippen molar-refractivity contribution < 1.29 is 4.79 Å². The Kier molecular flexibility index (Phi) is 3.87. The summed E-state index contributed by atoms with van der Waals surface area (Å²) in [5.74, 6) is 0.136. The Balaban J connectivity index is 2.11. The second-order valence-corrected chi connectivity index (χ2v) is 5.36. The molecule has 1 aromatic rings. The Hall–Kier alpha value is -1.86. The third kappa shape index (κ3) is 3.12. The fraction of sp³-hybridized carbons (Fsp3) is 0.467. The van der Waals surface area contributed by atoms with Crippen LogP contribution < -0.4 is 5.73 Å². The first-order valence-corrected chi connectivity index (χ1v) is 6.55. The average Bonchev–Trinajstić information content (AvgIpc) is 3.23. The highest BCUT2D eigenvalue weighted by atomic mass is 16.2. The molecule has 1 amide bonds. The minimum absolute atomic E-state index is 0.0766. The first kappa shape index (κ1) is 13.6. The number of benzene rings is 1. The molecule has 4 nitrogen and oxygen atoms in total. The molecule has 1 aliphatic rings. The molecular formula is C15H19N3O. The summed E-state index contributed by atoms with van der Waals surface area (Å²) in [5, 5.41) is 8.90. The molecule has 4 heteroatoms. The summed E-state index contributed by atoms with van der Waals surface area (Å²) in [6, 6.07) is 11.7. The van der Waals surface area contributed by atoms with E-state index in [1.165, 1.54) is 0 Å². The summed E-state index contributed by atoms with van der Waals surface area (Å²) < 4.78 is 0. The molecule has 2 rings (SSSR count). The highest BCUT2D eigenvalue weighted by Crippen LogP contribution is 2.39. The van der Waals surface area contributed by atoms with Crippen molar-refractivity contribution in [1.82, 2.24) is 4.90 Å². The maximum Gasteiger partial charge on any atom is 0.243 e. The standard InChI is InChI=1S/C15H19N3O/c1-15(17,13-7-8-13)14(19)18(10-9-16)11-12-5-3-2-4-6-12/h2-6,13H,7-8,10-11,17H2,1H3. The molecular weight excluding hydrogens is 238 g/mol. The van der Waals surface area contributed by atoms with Gasteiger partial charge < -0.3 is 10.6 Å². The van der Waals surface area contributed by atoms with E-state index >= 15 is 0 Å². The molecule has 1 aliphatic carbocycles. The number of nitriles is 1. The van der Waals surface area contributed by atoms with E-state index in [9.17, 15) is 4.79 Å². The molecule has 1 fully saturated rings. The first-order valence-electron chi connectivity index (χ1n) is 6.55. The van der Waals surface area contributed by atoms with Crippen molar-refractivity contribution in [2.75, 3.05) is 6.54 Å². The van der Waals surface area contributed by atoms with E-state index in [2.05, 4.69) is 0 Å². The molecule has 1 saturated carbocycles. The van der Waals surface area contributed by atoms with Crippen LogP contribution in [0, 0.1) is 17.2 Å². The molecule has 1 atom stereocenters. The van der Waals surface area contributed by atoms with Crippen molar-refractivity contribution >= 4 is 5.91 Å². The molecule has 0 saturated heterocycles. The summed E-state index contributed by atoms with van der Waals surface area (Å²) in [5.41, 5.74) is 6.32. The molecule has 0 aliphatic heterocycles. The van der Waals surface area contributed by atoms with Crippen molar-refractivity contribution in [1.29, 1.82) is 5.26 Å². The lowest BCUT2D eigenvalue weighted by Crippen LogP contribution is -2.54. The van der Waals surface area contributed by atoms with Gasteiger partial charge in [-0.3, -0.25) is 4.79 Å². The van der Waals surface area contributed by atoms with Gasteiger partial charge in [-0.15, -0.1) is 0 Å². The maximum absolute atomic E-state index is 12.5. The summed E-state index contributed by atoms with van der Waals surface area (Å²) >= 11 is 0. The molecule has 0 radical (unpaired) electrons. The molecule has 0 bridgehead atoms. The van der Waals surface area contributed by atoms with Crippen molar-refractivity contribution in [2.45, 2.75) is 31.8 Å². The monoisotopic (exact) mass is 257 g/mol. The van der Waals surface area contributed by atoms with Crippen LogP contribution in [0.3, 0.4) is 0 Å². The van der Waals surface area contributed by atoms with Crippen molar-refractivity contribution in [3.63, 3.8) is 0 Å². The van der Waals surface area contributed by atoms with Gasteiger partial charge in [-0.25, -0.2) is 0 Å². The maximum atomic E-state index is 12.5. The predicted molar refractivity (Wildman–Crippen MR) is 72.8 cm³/mol. The Bertz CT molecular complexity index is 486. The van der Waals surface area contributed by atoms with E-state index in [4.69, 9.17) is 11.0 Å². The fourth-order valence-electron chi connectivity index (χ4n) is 2.29. The molecule has 100 valence electrons. The second kappa shape index (κ2) is 5.41. The van der Waals surface area contributed by atoms with Crippen molar-refractivity contribution in [3.8, 4) is 6.07 Å². The molecule has 2 N–H and O–H groups in total. The highest BCUT2D eigenvalue weighted by molar-refractivity contribution is 5.86. The second-order valence-electron chi connectivity index (χ2n) is 5.36. The van der Waals surface area contributed by atoms with Gasteiger partial charge in [-0.2, -0.15) is 5.26 Å². The minimum Gasteiger partial charge on any atom is -0.323 e. The number of carbonyl (C=O) groups is 1. The number of nitrogens with zero attached hydrogens (tertiary/aromatic N) is 2. The van der Waals surface area contributed by atoms with E-state index < -0.39 is 5.54 Å². The number of hydrogen-bond donors (Lipinski definition) is 1. The van der Waals surface area contributed by atoms with Gasteiger partial charge in [-0.1, -0.05) is 30.3 Å². The average molecular weight is 257 g/mol. The van der Waals surface area contributed by atoms with E-state index in [-0.39, 0.29) is 18.4 Å². The summed E-state index contributed by atoms with van der Waals surface area (Å²) in [6.45, 7) is 2.29. The lowest BCUT2D eigenvalue weighted by molar-refractivity contribution is -0.137. The van der Waals surface area contributed by atoms with E-state index in [1.807, 2.05) is 36.4 Å². The zero-order chi connectivity index (χ0) is 13.9. The lowest BCUT2D eigenvalue weighted by Gasteiger charge is -2.30. The Morgan fingerprint density at radius 2 is 2.11 bits per heavy atom. The van der Waals surface area contributed by atoms with Gasteiger partial charge in [0.05, 0.1) is 11.6 Å². The number of nitrogens with two attached hydrogens (primary N) is 1. The third-order valence-corrected chi connectivity index (χ3v) is 3.65. The molecule has 0 spiro atoms. The summed E-state index contributed by atoms with van der Waals surface area (Å²) in [6.07, 6.45) is 2.01. The fourth-order valence-corrected chi connectivity index (χ4v) is 2.29. The van der Waals surface area contributed by atoms with Crippen LogP contribution in [-0.4, -0.2) is 22.9 Å². The lowest BCUT2D eigenvalue weighted by atomic mass is 9.95. The molecule has 19 heavy (non-hydrogen) atoms. The zero-order valence-corrected chi connectivity index (χ0v) is 11.2. The molecule has 0 aromatic heterocycles. The van der Waals surface area contributed by atoms with Crippen molar-refractivity contribution in [2.24, 2.45) is 11.7 Å². The van der Waals surface area contributed by atoms with Crippen LogP contribution in [0.25, 0.3) is 0 Å². The number of amides is 1. The minimum atomic E-state index is -0.842. The molecule has 1 aromatic carbocycles. The van der Waals surface area contributed by atoms with Crippen molar-refractivity contribution in [3.05, 3.63) is 35.9 Å². The largest absolute Gasteiger partial charge is 0.323 e. The normalized spacial score (nSPS) is 17.3. The Labute approximate surface area is 113 Å². The van der Waals surface area contributed by atoms with Crippen LogP contribution in [0.2, 0.25) is 0 Å². The summed E-state index contributed by atoms with van der Waals surface area (Å²) in [4.78, 5) is 14.0. The number of carbonyl (C=O) groups excluding carboxylic acids is 1. The SMILES string of the molecule is CC(N)(C(=O)N(CC#N)Cc1ccccc1)C1CC1. The number of rotatable bonds is 5.